The molecule has 1 aromatic heterocycles. The van der Waals surface area contributed by atoms with E-state index in [1.165, 1.54) is 12.3 Å². The van der Waals surface area contributed by atoms with Crippen molar-refractivity contribution < 1.29 is 14.0 Å². The quantitative estimate of drug-likeness (QED) is 0.792. The molecule has 2 aromatic rings. The van der Waals surface area contributed by atoms with Crippen molar-refractivity contribution in [3.05, 3.63) is 59.0 Å². The first-order valence-electron chi connectivity index (χ1n) is 7.20. The third-order valence-electron chi connectivity index (χ3n) is 2.96. The van der Waals surface area contributed by atoms with Crippen LogP contribution in [0.4, 0.5) is 5.69 Å². The van der Waals surface area contributed by atoms with Crippen LogP contribution in [0.5, 0.6) is 0 Å². The van der Waals surface area contributed by atoms with E-state index in [-0.39, 0.29) is 16.8 Å². The first-order chi connectivity index (χ1) is 11.1. The smallest absolute Gasteiger partial charge is 0.252 e. The summed E-state index contributed by atoms with van der Waals surface area (Å²) in [4.78, 5) is 23.7. The molecule has 0 atom stereocenters. The molecule has 0 radical (unpaired) electrons. The Balaban J connectivity index is 1.99. The maximum absolute atomic E-state index is 11.9. The molecule has 23 heavy (non-hydrogen) atoms. The molecule has 5 nitrogen and oxygen atoms in total. The number of halogens is 1. The van der Waals surface area contributed by atoms with E-state index in [0.29, 0.717) is 23.6 Å². The van der Waals surface area contributed by atoms with Gasteiger partial charge in [0, 0.05) is 18.3 Å². The van der Waals surface area contributed by atoms with Gasteiger partial charge in [0.05, 0.1) is 16.8 Å². The van der Waals surface area contributed by atoms with Gasteiger partial charge in [-0.3, -0.25) is 9.59 Å². The van der Waals surface area contributed by atoms with Crippen LogP contribution in [0.15, 0.2) is 47.1 Å². The van der Waals surface area contributed by atoms with Crippen molar-refractivity contribution >= 4 is 35.2 Å². The number of furan rings is 1. The summed E-state index contributed by atoms with van der Waals surface area (Å²) in [6.07, 6.45) is 5.29. The molecule has 0 aliphatic carbocycles. The van der Waals surface area contributed by atoms with Gasteiger partial charge in [-0.15, -0.1) is 0 Å². The molecule has 0 saturated carbocycles. The Kier molecular flexibility index (Phi) is 6.00. The highest BCUT2D eigenvalue weighted by atomic mass is 35.5. The highest BCUT2D eigenvalue weighted by molar-refractivity contribution is 6.34. The molecule has 0 aliphatic heterocycles. The second-order valence-electron chi connectivity index (χ2n) is 4.79. The van der Waals surface area contributed by atoms with Crippen LogP contribution in [-0.2, 0) is 4.79 Å². The van der Waals surface area contributed by atoms with Gasteiger partial charge in [-0.2, -0.15) is 0 Å². The molecule has 0 bridgehead atoms. The third kappa shape index (κ3) is 5.00. The van der Waals surface area contributed by atoms with Crippen LogP contribution >= 0.6 is 11.6 Å². The Bertz CT molecular complexity index is 709. The van der Waals surface area contributed by atoms with Gasteiger partial charge in [-0.1, -0.05) is 18.5 Å². The van der Waals surface area contributed by atoms with Crippen molar-refractivity contribution in [1.29, 1.82) is 0 Å². The zero-order valence-corrected chi connectivity index (χ0v) is 13.4. The predicted molar refractivity (Wildman–Crippen MR) is 90.4 cm³/mol. The Morgan fingerprint density at radius 1 is 1.30 bits per heavy atom. The van der Waals surface area contributed by atoms with Crippen LogP contribution in [0.25, 0.3) is 6.08 Å². The summed E-state index contributed by atoms with van der Waals surface area (Å²) < 4.78 is 5.10. The number of nitrogens with one attached hydrogen (secondary N) is 2. The Morgan fingerprint density at radius 2 is 2.13 bits per heavy atom. The standard InChI is InChI=1S/C17H17ClN2O3/c1-2-9-19-17(22)14-7-5-12(11-15(14)18)20-16(21)8-6-13-4-3-10-23-13/h3-8,10-11H,2,9H2,1H3,(H,19,22)(H,20,21)/b8-6+. The fraction of sp³-hybridized carbons (Fsp3) is 0.176. The van der Waals surface area contributed by atoms with E-state index in [1.807, 2.05) is 6.92 Å². The van der Waals surface area contributed by atoms with Crippen LogP contribution in [0.2, 0.25) is 5.02 Å². The molecule has 2 N–H and O–H groups in total. The molecule has 2 amide bonds. The second-order valence-corrected chi connectivity index (χ2v) is 5.20. The van der Waals surface area contributed by atoms with Gasteiger partial charge in [-0.05, 0) is 42.8 Å². The molecule has 0 spiro atoms. The predicted octanol–water partition coefficient (Wildman–Crippen LogP) is 3.72. The Hall–Kier alpha value is -2.53. The lowest BCUT2D eigenvalue weighted by molar-refractivity contribution is -0.111. The van der Waals surface area contributed by atoms with Crippen LogP contribution in [0.1, 0.15) is 29.5 Å². The lowest BCUT2D eigenvalue weighted by Crippen LogP contribution is -2.24. The number of carbonyl (C=O) groups is 2. The highest BCUT2D eigenvalue weighted by Crippen LogP contribution is 2.21. The molecule has 0 saturated heterocycles. The summed E-state index contributed by atoms with van der Waals surface area (Å²) in [5.74, 6) is 0.0363. The average Bonchev–Trinajstić information content (AvgIpc) is 3.04. The summed E-state index contributed by atoms with van der Waals surface area (Å²) in [6, 6.07) is 8.23. The molecule has 6 heteroatoms. The number of rotatable bonds is 6. The van der Waals surface area contributed by atoms with E-state index >= 15 is 0 Å². The Labute approximate surface area is 139 Å². The van der Waals surface area contributed by atoms with Crippen molar-refractivity contribution in [2.75, 3.05) is 11.9 Å². The second kappa shape index (κ2) is 8.19. The zero-order chi connectivity index (χ0) is 16.7. The average molecular weight is 333 g/mol. The fourth-order valence-corrected chi connectivity index (χ4v) is 2.10. The monoisotopic (exact) mass is 332 g/mol. The molecular formula is C17H17ClN2O3. The van der Waals surface area contributed by atoms with Crippen molar-refractivity contribution in [3.8, 4) is 0 Å². The first kappa shape index (κ1) is 16.8. The first-order valence-corrected chi connectivity index (χ1v) is 7.58. The number of hydrogen-bond acceptors (Lipinski definition) is 3. The molecule has 0 unspecified atom stereocenters. The SMILES string of the molecule is CCCNC(=O)c1ccc(NC(=O)/C=C/c2ccco2)cc1Cl. The summed E-state index contributed by atoms with van der Waals surface area (Å²) in [6.45, 7) is 2.56. The number of carbonyl (C=O) groups excluding carboxylic acids is 2. The number of anilines is 1. The van der Waals surface area contributed by atoms with Crippen molar-refractivity contribution in [2.24, 2.45) is 0 Å². The maximum atomic E-state index is 11.9. The van der Waals surface area contributed by atoms with E-state index in [0.717, 1.165) is 6.42 Å². The van der Waals surface area contributed by atoms with Gasteiger partial charge in [0.15, 0.2) is 0 Å². The van der Waals surface area contributed by atoms with Crippen LogP contribution < -0.4 is 10.6 Å². The van der Waals surface area contributed by atoms with E-state index < -0.39 is 0 Å². The molecule has 1 aromatic carbocycles. The van der Waals surface area contributed by atoms with Crippen LogP contribution in [-0.4, -0.2) is 18.4 Å². The van der Waals surface area contributed by atoms with Gasteiger partial charge in [0.2, 0.25) is 5.91 Å². The van der Waals surface area contributed by atoms with Gasteiger partial charge in [0.25, 0.3) is 5.91 Å². The normalized spacial score (nSPS) is 10.7. The lowest BCUT2D eigenvalue weighted by Gasteiger charge is -2.08. The van der Waals surface area contributed by atoms with E-state index in [4.69, 9.17) is 16.0 Å². The molecule has 0 aliphatic rings. The minimum absolute atomic E-state index is 0.229. The molecule has 0 fully saturated rings. The Morgan fingerprint density at radius 3 is 2.78 bits per heavy atom. The summed E-state index contributed by atoms with van der Waals surface area (Å²) >= 11 is 6.10. The maximum Gasteiger partial charge on any atom is 0.252 e. The minimum Gasteiger partial charge on any atom is -0.465 e. The third-order valence-corrected chi connectivity index (χ3v) is 3.27. The molecule has 1 heterocycles. The summed E-state index contributed by atoms with van der Waals surface area (Å²) in [7, 11) is 0. The summed E-state index contributed by atoms with van der Waals surface area (Å²) in [5, 5.41) is 5.71. The largest absolute Gasteiger partial charge is 0.465 e. The summed E-state index contributed by atoms with van der Waals surface area (Å²) in [5.41, 5.74) is 0.889. The van der Waals surface area contributed by atoms with E-state index in [2.05, 4.69) is 10.6 Å². The number of amides is 2. The van der Waals surface area contributed by atoms with Crippen molar-refractivity contribution in [1.82, 2.24) is 5.32 Å². The van der Waals surface area contributed by atoms with Crippen molar-refractivity contribution in [2.45, 2.75) is 13.3 Å². The van der Waals surface area contributed by atoms with Crippen LogP contribution in [0, 0.1) is 0 Å². The van der Waals surface area contributed by atoms with Gasteiger partial charge < -0.3 is 15.1 Å². The minimum atomic E-state index is -0.319. The molecular weight excluding hydrogens is 316 g/mol. The van der Waals surface area contributed by atoms with Gasteiger partial charge >= 0.3 is 0 Å². The van der Waals surface area contributed by atoms with Gasteiger partial charge in [0.1, 0.15) is 5.76 Å². The zero-order valence-electron chi connectivity index (χ0n) is 12.6. The van der Waals surface area contributed by atoms with E-state index in [9.17, 15) is 9.59 Å². The number of benzene rings is 1. The highest BCUT2D eigenvalue weighted by Gasteiger charge is 2.10. The van der Waals surface area contributed by atoms with Gasteiger partial charge in [-0.25, -0.2) is 0 Å². The molecule has 120 valence electrons. The topological polar surface area (TPSA) is 71.3 Å². The van der Waals surface area contributed by atoms with E-state index in [1.54, 1.807) is 36.4 Å². The number of hydrogen-bond donors (Lipinski definition) is 2. The fourth-order valence-electron chi connectivity index (χ4n) is 1.84. The van der Waals surface area contributed by atoms with Crippen molar-refractivity contribution in [3.63, 3.8) is 0 Å². The van der Waals surface area contributed by atoms with Crippen LogP contribution in [0.3, 0.4) is 0 Å². The lowest BCUT2D eigenvalue weighted by atomic mass is 10.2. The molecule has 2 rings (SSSR count).